The largest absolute Gasteiger partial charge is 0.396 e. The maximum absolute atomic E-state index is 13.1. The number of rotatable bonds is 5. The van der Waals surface area contributed by atoms with Crippen LogP contribution in [0, 0.1) is 29.6 Å². The number of aryl methyl sites for hydroxylation is 1. The van der Waals surface area contributed by atoms with Crippen LogP contribution < -0.4 is 5.73 Å². The molecule has 2 aromatic carbocycles. The molecular weight excluding hydrogens is 442 g/mol. The third-order valence-corrected chi connectivity index (χ3v) is 6.61. The van der Waals surface area contributed by atoms with Gasteiger partial charge in [0, 0.05) is 62.4 Å². The van der Waals surface area contributed by atoms with E-state index in [-0.39, 0.29) is 23.2 Å². The van der Waals surface area contributed by atoms with Crippen LogP contribution in [0.15, 0.2) is 53.2 Å². The second-order valence-corrected chi connectivity index (χ2v) is 9.02. The fourth-order valence-corrected chi connectivity index (χ4v) is 4.24. The van der Waals surface area contributed by atoms with Crippen LogP contribution in [-0.2, 0) is 4.74 Å². The second kappa shape index (κ2) is 10.1. The van der Waals surface area contributed by atoms with Gasteiger partial charge in [-0.1, -0.05) is 18.2 Å². The Morgan fingerprint density at radius 3 is 2.51 bits per heavy atom. The molecule has 8 heteroatoms. The van der Waals surface area contributed by atoms with Gasteiger partial charge in [0.05, 0.1) is 17.3 Å². The third kappa shape index (κ3) is 5.25. The van der Waals surface area contributed by atoms with E-state index in [1.807, 2.05) is 25.1 Å². The summed E-state index contributed by atoms with van der Waals surface area (Å²) in [5.74, 6) is 0.125. The summed E-state index contributed by atoms with van der Waals surface area (Å²) in [5.41, 5.74) is 8.90. The Labute approximate surface area is 204 Å². The van der Waals surface area contributed by atoms with Gasteiger partial charge >= 0.3 is 0 Å². The van der Waals surface area contributed by atoms with Crippen LogP contribution in [-0.4, -0.2) is 54.0 Å². The molecule has 178 valence electrons. The molecule has 0 unspecified atom stereocenters. The molecule has 35 heavy (non-hydrogen) atoms. The lowest BCUT2D eigenvalue weighted by molar-refractivity contribution is -0.0171. The normalized spacial score (nSPS) is 18.3. The Hall–Kier alpha value is -3.98. The molecule has 2 fully saturated rings. The van der Waals surface area contributed by atoms with Gasteiger partial charge in [-0.25, -0.2) is 4.99 Å². The summed E-state index contributed by atoms with van der Waals surface area (Å²) < 4.78 is 5.27. The number of allylic oxidation sites excluding steroid dienone is 1. The fraction of sp³-hybridized carbons (Fsp3) is 0.333. The Balaban J connectivity index is 1.50. The molecule has 2 heterocycles. The van der Waals surface area contributed by atoms with Crippen molar-refractivity contribution in [1.29, 1.82) is 10.5 Å². The summed E-state index contributed by atoms with van der Waals surface area (Å²) >= 11 is 0. The number of nitrogens with two attached hydrogens (primary N) is 1. The first kappa shape index (κ1) is 24.2. The molecule has 2 saturated heterocycles. The van der Waals surface area contributed by atoms with Gasteiger partial charge < -0.3 is 20.5 Å². The molecule has 0 atom stereocenters. The van der Waals surface area contributed by atoms with Crippen molar-refractivity contribution in [3.8, 4) is 12.1 Å². The number of aliphatic imine (C=N–C) groups is 1. The Morgan fingerprint density at radius 1 is 1.20 bits per heavy atom. The number of carbonyl (C=O) groups excluding carboxylic acids is 1. The number of likely N-dealkylation sites (tertiary alicyclic amines) is 1. The molecule has 1 amide bonds. The summed E-state index contributed by atoms with van der Waals surface area (Å²) in [5, 5.41) is 29.2. The minimum absolute atomic E-state index is 0.0116. The summed E-state index contributed by atoms with van der Waals surface area (Å²) in [4.78, 5) is 19.1. The van der Waals surface area contributed by atoms with Gasteiger partial charge in [0.1, 0.15) is 11.7 Å². The summed E-state index contributed by atoms with van der Waals surface area (Å²) in [7, 11) is 0. The molecule has 8 nitrogen and oxygen atoms in total. The second-order valence-electron chi connectivity index (χ2n) is 9.02. The van der Waals surface area contributed by atoms with E-state index < -0.39 is 5.60 Å². The number of ether oxygens (including phenoxy) is 1. The molecular formula is C27H27N5O3. The van der Waals surface area contributed by atoms with Gasteiger partial charge in [0.2, 0.25) is 0 Å². The number of amides is 1. The number of nitriles is 2. The van der Waals surface area contributed by atoms with Gasteiger partial charge in [0.15, 0.2) is 5.70 Å². The Bertz CT molecular complexity index is 1260. The van der Waals surface area contributed by atoms with Gasteiger partial charge in [-0.05, 0) is 42.3 Å². The first-order valence-electron chi connectivity index (χ1n) is 11.5. The predicted octanol–water partition coefficient (Wildman–Crippen LogP) is 2.87. The summed E-state index contributed by atoms with van der Waals surface area (Å²) in [6.45, 7) is 3.89. The first-order valence-corrected chi connectivity index (χ1v) is 11.5. The highest BCUT2D eigenvalue weighted by atomic mass is 16.5. The highest BCUT2D eigenvalue weighted by Crippen LogP contribution is 2.30. The van der Waals surface area contributed by atoms with Gasteiger partial charge in [-0.15, -0.1) is 0 Å². The molecule has 0 aromatic heterocycles. The maximum Gasteiger partial charge on any atom is 0.253 e. The van der Waals surface area contributed by atoms with Crippen LogP contribution in [0.4, 0.5) is 0 Å². The zero-order valence-corrected chi connectivity index (χ0v) is 19.6. The molecule has 0 saturated carbocycles. The molecule has 0 spiro atoms. The van der Waals surface area contributed by atoms with E-state index in [4.69, 9.17) is 15.7 Å². The zero-order chi connectivity index (χ0) is 25.0. The molecule has 2 aliphatic rings. The van der Waals surface area contributed by atoms with Crippen LogP contribution in [0.2, 0.25) is 0 Å². The third-order valence-electron chi connectivity index (χ3n) is 6.61. The number of hydrogen-bond donors (Lipinski definition) is 2. The van der Waals surface area contributed by atoms with Crippen molar-refractivity contribution in [2.24, 2.45) is 10.7 Å². The first-order chi connectivity index (χ1) is 16.8. The van der Waals surface area contributed by atoms with Crippen molar-refractivity contribution in [1.82, 2.24) is 4.90 Å². The standard InChI is InChI=1S/C27H27N5O3/c1-18-2-5-21(26(33)32-15-22(16-32)20-6-3-19(13-28)4-7-20)12-23(18)25(30)24(14-29)31-17-27(34)8-10-35-11-9-27/h2-7,12,17,22,34H,8-11,15-16,30H2,1H3/b25-24-,31-17?. The van der Waals surface area contributed by atoms with Crippen molar-refractivity contribution < 1.29 is 14.6 Å². The van der Waals surface area contributed by atoms with E-state index in [0.29, 0.717) is 55.8 Å². The fourth-order valence-electron chi connectivity index (χ4n) is 4.24. The van der Waals surface area contributed by atoms with Crippen LogP contribution in [0.25, 0.3) is 5.70 Å². The number of benzene rings is 2. The molecule has 0 aliphatic carbocycles. The van der Waals surface area contributed by atoms with Gasteiger partial charge in [-0.3, -0.25) is 4.79 Å². The van der Waals surface area contributed by atoms with E-state index in [1.54, 1.807) is 35.2 Å². The number of aliphatic hydroxyl groups is 1. The Morgan fingerprint density at radius 2 is 1.89 bits per heavy atom. The number of nitrogens with zero attached hydrogens (tertiary/aromatic N) is 4. The van der Waals surface area contributed by atoms with E-state index in [1.165, 1.54) is 6.21 Å². The monoisotopic (exact) mass is 469 g/mol. The van der Waals surface area contributed by atoms with Gasteiger partial charge in [-0.2, -0.15) is 10.5 Å². The molecule has 0 bridgehead atoms. The lowest BCUT2D eigenvalue weighted by Crippen LogP contribution is -2.48. The molecule has 2 aliphatic heterocycles. The van der Waals surface area contributed by atoms with E-state index >= 15 is 0 Å². The quantitative estimate of drug-likeness (QED) is 0.510. The number of hydrogen-bond acceptors (Lipinski definition) is 7. The van der Waals surface area contributed by atoms with E-state index in [9.17, 15) is 15.2 Å². The molecule has 0 radical (unpaired) electrons. The van der Waals surface area contributed by atoms with Crippen molar-refractivity contribution in [3.05, 3.63) is 76.0 Å². The number of carbonyl (C=O) groups is 1. The lowest BCUT2D eigenvalue weighted by atomic mass is 9.90. The van der Waals surface area contributed by atoms with Crippen LogP contribution in [0.1, 0.15) is 51.4 Å². The van der Waals surface area contributed by atoms with Crippen molar-refractivity contribution in [2.45, 2.75) is 31.3 Å². The molecule has 3 N–H and O–H groups in total. The summed E-state index contributed by atoms with van der Waals surface area (Å²) in [6.07, 6.45) is 2.17. The van der Waals surface area contributed by atoms with Crippen molar-refractivity contribution in [3.63, 3.8) is 0 Å². The SMILES string of the molecule is Cc1ccc(C(=O)N2CC(c3ccc(C#N)cc3)C2)cc1/C(N)=C(\C#N)N=CC1(O)CCOCC1. The van der Waals surface area contributed by atoms with Crippen LogP contribution in [0.3, 0.4) is 0 Å². The van der Waals surface area contributed by atoms with Crippen molar-refractivity contribution >= 4 is 17.8 Å². The van der Waals surface area contributed by atoms with Crippen molar-refractivity contribution in [2.75, 3.05) is 26.3 Å². The lowest BCUT2D eigenvalue weighted by Gasteiger charge is -2.39. The highest BCUT2D eigenvalue weighted by molar-refractivity contribution is 5.96. The topological polar surface area (TPSA) is 136 Å². The highest BCUT2D eigenvalue weighted by Gasteiger charge is 2.32. The Kier molecular flexibility index (Phi) is 6.97. The van der Waals surface area contributed by atoms with Crippen LogP contribution >= 0.6 is 0 Å². The maximum atomic E-state index is 13.1. The average molecular weight is 470 g/mol. The van der Waals surface area contributed by atoms with Crippen LogP contribution in [0.5, 0.6) is 0 Å². The molecule has 2 aromatic rings. The van der Waals surface area contributed by atoms with Gasteiger partial charge in [0.25, 0.3) is 5.91 Å². The predicted molar refractivity (Wildman–Crippen MR) is 131 cm³/mol. The average Bonchev–Trinajstić information content (AvgIpc) is 2.84. The molecule has 4 rings (SSSR count). The zero-order valence-electron chi connectivity index (χ0n) is 19.6. The minimum atomic E-state index is -1.13. The van der Waals surface area contributed by atoms with E-state index in [2.05, 4.69) is 11.1 Å². The van der Waals surface area contributed by atoms with E-state index in [0.717, 1.165) is 11.1 Å². The summed E-state index contributed by atoms with van der Waals surface area (Å²) in [6, 6.07) is 16.8. The smallest absolute Gasteiger partial charge is 0.253 e. The minimum Gasteiger partial charge on any atom is -0.396 e.